The Balaban J connectivity index is 1.91. The molecule has 0 saturated heterocycles. The van der Waals surface area contributed by atoms with Crippen LogP contribution in [0.15, 0.2) is 53.8 Å². The van der Waals surface area contributed by atoms with E-state index in [2.05, 4.69) is 20.5 Å². The maximum atomic E-state index is 12.2. The van der Waals surface area contributed by atoms with Crippen LogP contribution in [0.5, 0.6) is 5.75 Å². The van der Waals surface area contributed by atoms with Gasteiger partial charge in [0.15, 0.2) is 11.0 Å². The second kappa shape index (κ2) is 9.36. The molecule has 7 nitrogen and oxygen atoms in total. The van der Waals surface area contributed by atoms with Gasteiger partial charge in [-0.3, -0.25) is 14.3 Å². The Morgan fingerprint density at radius 3 is 2.64 bits per heavy atom. The largest absolute Gasteiger partial charge is 0.497 e. The zero-order valence-electron chi connectivity index (χ0n) is 16.1. The molecule has 0 aliphatic carbocycles. The van der Waals surface area contributed by atoms with E-state index in [1.54, 1.807) is 13.3 Å². The molecule has 1 aromatic carbocycles. The third-order valence-corrected chi connectivity index (χ3v) is 5.14. The number of benzene rings is 1. The van der Waals surface area contributed by atoms with E-state index in [1.165, 1.54) is 11.8 Å². The maximum absolute atomic E-state index is 12.2. The standard InChI is InChI=1S/C20H23N5O2S/c1-4-14(2)22-18(26)13-28-20-24-23-19(17-7-5-6-12-21-17)25(20)15-8-10-16(27-3)11-9-15/h5-12,14H,4,13H2,1-3H3,(H,22,26)/t14-/m0/s1. The van der Waals surface area contributed by atoms with Crippen LogP contribution in [0.1, 0.15) is 20.3 Å². The first kappa shape index (κ1) is 19.9. The monoisotopic (exact) mass is 397 g/mol. The van der Waals surface area contributed by atoms with E-state index in [0.29, 0.717) is 16.7 Å². The van der Waals surface area contributed by atoms with Crippen molar-refractivity contribution in [2.24, 2.45) is 0 Å². The summed E-state index contributed by atoms with van der Waals surface area (Å²) in [7, 11) is 1.63. The number of nitrogens with zero attached hydrogens (tertiary/aromatic N) is 4. The molecule has 8 heteroatoms. The Labute approximate surface area is 168 Å². The third-order valence-electron chi connectivity index (χ3n) is 4.21. The molecule has 1 atom stereocenters. The Morgan fingerprint density at radius 1 is 1.21 bits per heavy atom. The van der Waals surface area contributed by atoms with E-state index >= 15 is 0 Å². The molecule has 1 amide bonds. The molecule has 146 valence electrons. The summed E-state index contributed by atoms with van der Waals surface area (Å²) in [5, 5.41) is 12.2. The molecule has 0 aliphatic rings. The SMILES string of the molecule is CC[C@H](C)NC(=O)CSc1nnc(-c2ccccn2)n1-c1ccc(OC)cc1. The van der Waals surface area contributed by atoms with Crippen molar-refractivity contribution in [3.8, 4) is 23.0 Å². The lowest BCUT2D eigenvalue weighted by molar-refractivity contribution is -0.119. The summed E-state index contributed by atoms with van der Waals surface area (Å²) in [6.07, 6.45) is 2.61. The van der Waals surface area contributed by atoms with Crippen molar-refractivity contribution in [2.75, 3.05) is 12.9 Å². The van der Waals surface area contributed by atoms with Crippen LogP contribution in [0.2, 0.25) is 0 Å². The molecule has 0 unspecified atom stereocenters. The third kappa shape index (κ3) is 4.69. The van der Waals surface area contributed by atoms with Crippen molar-refractivity contribution >= 4 is 17.7 Å². The number of ether oxygens (including phenoxy) is 1. The van der Waals surface area contributed by atoms with Gasteiger partial charge in [-0.1, -0.05) is 24.8 Å². The fourth-order valence-electron chi connectivity index (χ4n) is 2.54. The van der Waals surface area contributed by atoms with Crippen LogP contribution in [-0.4, -0.2) is 44.6 Å². The summed E-state index contributed by atoms with van der Waals surface area (Å²) in [5.41, 5.74) is 1.58. The Hall–Kier alpha value is -2.87. The number of rotatable bonds is 8. The molecular weight excluding hydrogens is 374 g/mol. The predicted octanol–water partition coefficient (Wildman–Crippen LogP) is 3.34. The average Bonchev–Trinajstić information content (AvgIpc) is 3.16. The zero-order valence-corrected chi connectivity index (χ0v) is 16.9. The molecule has 0 radical (unpaired) electrons. The molecule has 2 heterocycles. The van der Waals surface area contributed by atoms with E-state index in [9.17, 15) is 4.79 Å². The summed E-state index contributed by atoms with van der Waals surface area (Å²) >= 11 is 1.35. The van der Waals surface area contributed by atoms with Gasteiger partial charge in [0.25, 0.3) is 0 Å². The van der Waals surface area contributed by atoms with Gasteiger partial charge >= 0.3 is 0 Å². The minimum atomic E-state index is -0.0250. The Bertz CT molecular complexity index is 912. The first-order valence-electron chi connectivity index (χ1n) is 9.05. The number of methoxy groups -OCH3 is 1. The maximum Gasteiger partial charge on any atom is 0.230 e. The van der Waals surface area contributed by atoms with Gasteiger partial charge in [0, 0.05) is 12.2 Å². The van der Waals surface area contributed by atoms with Gasteiger partial charge in [-0.05, 0) is 49.7 Å². The Morgan fingerprint density at radius 2 is 2.00 bits per heavy atom. The number of amides is 1. The van der Waals surface area contributed by atoms with Crippen LogP contribution in [0.25, 0.3) is 17.2 Å². The number of hydrogen-bond acceptors (Lipinski definition) is 6. The smallest absolute Gasteiger partial charge is 0.230 e. The van der Waals surface area contributed by atoms with Gasteiger partial charge in [0.05, 0.1) is 18.6 Å². The number of nitrogens with one attached hydrogen (secondary N) is 1. The summed E-state index contributed by atoms with van der Waals surface area (Å²) < 4.78 is 7.15. The van der Waals surface area contributed by atoms with Gasteiger partial charge in [-0.2, -0.15) is 0 Å². The van der Waals surface area contributed by atoms with E-state index < -0.39 is 0 Å². The van der Waals surface area contributed by atoms with Crippen molar-refractivity contribution in [2.45, 2.75) is 31.5 Å². The van der Waals surface area contributed by atoms with Crippen LogP contribution < -0.4 is 10.1 Å². The number of aromatic nitrogens is 4. The van der Waals surface area contributed by atoms with Crippen molar-refractivity contribution in [3.05, 3.63) is 48.7 Å². The van der Waals surface area contributed by atoms with Crippen LogP contribution in [-0.2, 0) is 4.79 Å². The quantitative estimate of drug-likeness (QED) is 0.587. The molecule has 0 spiro atoms. The summed E-state index contributed by atoms with van der Waals surface area (Å²) in [6.45, 7) is 4.03. The highest BCUT2D eigenvalue weighted by Crippen LogP contribution is 2.27. The lowest BCUT2D eigenvalue weighted by Crippen LogP contribution is -2.33. The van der Waals surface area contributed by atoms with Crippen LogP contribution in [0, 0.1) is 0 Å². The second-order valence-electron chi connectivity index (χ2n) is 6.22. The van der Waals surface area contributed by atoms with E-state index in [1.807, 2.05) is 60.9 Å². The van der Waals surface area contributed by atoms with E-state index in [4.69, 9.17) is 4.74 Å². The molecule has 3 aromatic rings. The first-order valence-corrected chi connectivity index (χ1v) is 10.0. The molecule has 1 N–H and O–H groups in total. The fourth-order valence-corrected chi connectivity index (χ4v) is 3.30. The molecule has 0 aliphatic heterocycles. The Kier molecular flexibility index (Phi) is 6.65. The molecule has 0 saturated carbocycles. The number of carbonyl (C=O) groups is 1. The van der Waals surface area contributed by atoms with Crippen LogP contribution in [0.4, 0.5) is 0 Å². The lowest BCUT2D eigenvalue weighted by atomic mass is 10.3. The summed E-state index contributed by atoms with van der Waals surface area (Å²) in [5.74, 6) is 1.62. The molecule has 0 fully saturated rings. The highest BCUT2D eigenvalue weighted by molar-refractivity contribution is 7.99. The zero-order chi connectivity index (χ0) is 19.9. The van der Waals surface area contributed by atoms with Crippen LogP contribution >= 0.6 is 11.8 Å². The van der Waals surface area contributed by atoms with Gasteiger partial charge in [0.1, 0.15) is 11.4 Å². The number of thioether (sulfide) groups is 1. The van der Waals surface area contributed by atoms with Crippen molar-refractivity contribution in [1.82, 2.24) is 25.1 Å². The summed E-state index contributed by atoms with van der Waals surface area (Å²) in [4.78, 5) is 16.6. The molecular formula is C20H23N5O2S. The minimum absolute atomic E-state index is 0.0250. The van der Waals surface area contributed by atoms with Crippen molar-refractivity contribution in [1.29, 1.82) is 0 Å². The van der Waals surface area contributed by atoms with Crippen molar-refractivity contribution in [3.63, 3.8) is 0 Å². The molecule has 2 aromatic heterocycles. The second-order valence-corrected chi connectivity index (χ2v) is 7.16. The predicted molar refractivity (Wildman–Crippen MR) is 110 cm³/mol. The number of carbonyl (C=O) groups excluding carboxylic acids is 1. The summed E-state index contributed by atoms with van der Waals surface area (Å²) in [6, 6.07) is 13.4. The average molecular weight is 398 g/mol. The lowest BCUT2D eigenvalue weighted by Gasteiger charge is -2.12. The normalized spacial score (nSPS) is 11.8. The van der Waals surface area contributed by atoms with Gasteiger partial charge in [-0.25, -0.2) is 0 Å². The molecule has 28 heavy (non-hydrogen) atoms. The minimum Gasteiger partial charge on any atom is -0.497 e. The van der Waals surface area contributed by atoms with Gasteiger partial charge < -0.3 is 10.1 Å². The number of hydrogen-bond donors (Lipinski definition) is 1. The van der Waals surface area contributed by atoms with E-state index in [0.717, 1.165) is 17.9 Å². The van der Waals surface area contributed by atoms with Gasteiger partial charge in [0.2, 0.25) is 5.91 Å². The highest BCUT2D eigenvalue weighted by Gasteiger charge is 2.18. The van der Waals surface area contributed by atoms with E-state index in [-0.39, 0.29) is 17.7 Å². The highest BCUT2D eigenvalue weighted by atomic mass is 32.2. The molecule has 3 rings (SSSR count). The van der Waals surface area contributed by atoms with Gasteiger partial charge in [-0.15, -0.1) is 10.2 Å². The molecule has 0 bridgehead atoms. The fraction of sp³-hybridized carbons (Fsp3) is 0.300. The first-order chi connectivity index (χ1) is 13.6. The van der Waals surface area contributed by atoms with Crippen LogP contribution in [0.3, 0.4) is 0 Å². The van der Waals surface area contributed by atoms with Crippen molar-refractivity contribution < 1.29 is 9.53 Å². The number of pyridine rings is 1. The topological polar surface area (TPSA) is 81.9 Å².